The zero-order valence-corrected chi connectivity index (χ0v) is 17.7. The summed E-state index contributed by atoms with van der Waals surface area (Å²) in [7, 11) is 1.37. The fraction of sp³-hybridized carbons (Fsp3) is 0.182. The minimum Gasteiger partial charge on any atom is -0.469 e. The summed E-state index contributed by atoms with van der Waals surface area (Å²) in [6.45, 7) is 0.391. The number of nitrogen functional groups attached to an aromatic ring is 1. The highest BCUT2D eigenvalue weighted by Crippen LogP contribution is 2.24. The number of imidazole rings is 1. The molecule has 0 fully saturated rings. The number of ether oxygens (including phenoxy) is 1. The van der Waals surface area contributed by atoms with Crippen LogP contribution < -0.4 is 11.4 Å². The summed E-state index contributed by atoms with van der Waals surface area (Å²) < 4.78 is 6.25. The van der Waals surface area contributed by atoms with Crippen LogP contribution in [0.4, 0.5) is 5.82 Å². The van der Waals surface area contributed by atoms with Crippen molar-refractivity contribution in [1.29, 1.82) is 0 Å². The predicted octanol–water partition coefficient (Wildman–Crippen LogP) is 2.76. The van der Waals surface area contributed by atoms with Crippen molar-refractivity contribution in [2.45, 2.75) is 23.9 Å². The first-order valence-electron chi connectivity index (χ1n) is 9.61. The summed E-state index contributed by atoms with van der Waals surface area (Å²) in [6.07, 6.45) is 0.243. The fourth-order valence-corrected chi connectivity index (χ4v) is 3.95. The minimum absolute atomic E-state index is 0.241. The van der Waals surface area contributed by atoms with E-state index in [2.05, 4.69) is 19.7 Å². The summed E-state index contributed by atoms with van der Waals surface area (Å²) in [5.74, 6) is 0.591. The molecule has 4 rings (SSSR count). The van der Waals surface area contributed by atoms with E-state index in [1.54, 1.807) is 4.57 Å². The second-order valence-electron chi connectivity index (χ2n) is 6.95. The maximum atomic E-state index is 12.5. The van der Waals surface area contributed by atoms with Gasteiger partial charge >= 0.3 is 11.7 Å². The topological polar surface area (TPSA) is 116 Å². The molecule has 2 aromatic heterocycles. The monoisotopic (exact) mass is 435 g/mol. The van der Waals surface area contributed by atoms with Crippen LogP contribution in [0.2, 0.25) is 0 Å². The van der Waals surface area contributed by atoms with Crippen molar-refractivity contribution in [2.75, 3.05) is 12.8 Å². The standard InChI is InChI=1S/C22H21N5O3S/c1-30-17(28)11-14-7-9-16(10-8-14)13-31-21-25-19(23)18-20(26-21)27(22(29)24-18)12-15-5-3-2-4-6-15/h2-10H,11-13H2,1H3,(H,24,29)(H2,23,25,26). The summed E-state index contributed by atoms with van der Waals surface area (Å²) in [5.41, 5.74) is 9.67. The molecule has 158 valence electrons. The highest BCUT2D eigenvalue weighted by molar-refractivity contribution is 7.98. The molecule has 0 unspecified atom stereocenters. The summed E-state index contributed by atoms with van der Waals surface area (Å²) in [4.78, 5) is 35.5. The molecule has 0 aliphatic rings. The molecule has 8 nitrogen and oxygen atoms in total. The van der Waals surface area contributed by atoms with Crippen LogP contribution in [0.3, 0.4) is 0 Å². The van der Waals surface area contributed by atoms with Gasteiger partial charge in [-0.2, -0.15) is 0 Å². The molecule has 4 aromatic rings. The van der Waals surface area contributed by atoms with Gasteiger partial charge in [0.05, 0.1) is 20.1 Å². The molecule has 0 aliphatic carbocycles. The number of rotatable bonds is 7. The Kier molecular flexibility index (Phi) is 6.03. The van der Waals surface area contributed by atoms with Crippen LogP contribution >= 0.6 is 11.8 Å². The van der Waals surface area contributed by atoms with Crippen molar-refractivity contribution in [1.82, 2.24) is 19.5 Å². The molecule has 31 heavy (non-hydrogen) atoms. The molecule has 0 radical (unpaired) electrons. The van der Waals surface area contributed by atoms with Crippen LogP contribution in [0.1, 0.15) is 16.7 Å². The number of fused-ring (bicyclic) bond motifs is 1. The number of nitrogens with one attached hydrogen (secondary N) is 1. The third-order valence-corrected chi connectivity index (χ3v) is 5.70. The van der Waals surface area contributed by atoms with Gasteiger partial charge in [-0.25, -0.2) is 14.8 Å². The number of carbonyl (C=O) groups excluding carboxylic acids is 1. The van der Waals surface area contributed by atoms with Crippen LogP contribution in [0, 0.1) is 0 Å². The Balaban J connectivity index is 1.54. The van der Waals surface area contributed by atoms with Gasteiger partial charge in [0.15, 0.2) is 16.6 Å². The molecule has 0 amide bonds. The molecule has 2 aromatic carbocycles. The van der Waals surface area contributed by atoms with E-state index >= 15 is 0 Å². The fourth-order valence-electron chi connectivity index (χ4n) is 3.15. The van der Waals surface area contributed by atoms with Gasteiger partial charge in [-0.05, 0) is 16.7 Å². The van der Waals surface area contributed by atoms with E-state index in [0.29, 0.717) is 28.6 Å². The molecular formula is C22H21N5O3S. The maximum absolute atomic E-state index is 12.5. The Morgan fingerprint density at radius 2 is 1.77 bits per heavy atom. The Bertz CT molecular complexity index is 1270. The molecule has 0 spiro atoms. The zero-order valence-electron chi connectivity index (χ0n) is 16.9. The number of anilines is 1. The number of nitrogens with two attached hydrogens (primary N) is 1. The normalized spacial score (nSPS) is 11.0. The van der Waals surface area contributed by atoms with Crippen LogP contribution in [-0.2, 0) is 28.2 Å². The van der Waals surface area contributed by atoms with Crippen molar-refractivity contribution in [2.24, 2.45) is 0 Å². The van der Waals surface area contributed by atoms with E-state index in [1.807, 2.05) is 54.6 Å². The number of methoxy groups -OCH3 is 1. The molecular weight excluding hydrogens is 414 g/mol. The molecule has 2 heterocycles. The Morgan fingerprint density at radius 3 is 2.48 bits per heavy atom. The van der Waals surface area contributed by atoms with E-state index < -0.39 is 0 Å². The van der Waals surface area contributed by atoms with E-state index in [1.165, 1.54) is 18.9 Å². The second-order valence-corrected chi connectivity index (χ2v) is 7.89. The van der Waals surface area contributed by atoms with E-state index in [4.69, 9.17) is 5.73 Å². The average Bonchev–Trinajstić information content (AvgIpc) is 3.10. The van der Waals surface area contributed by atoms with Crippen LogP contribution in [0.25, 0.3) is 11.2 Å². The van der Waals surface area contributed by atoms with Gasteiger partial charge in [0.2, 0.25) is 0 Å². The third-order valence-electron chi connectivity index (χ3n) is 4.78. The summed E-state index contributed by atoms with van der Waals surface area (Å²) >= 11 is 1.43. The van der Waals surface area contributed by atoms with Gasteiger partial charge < -0.3 is 15.5 Å². The number of nitrogens with zero attached hydrogens (tertiary/aromatic N) is 3. The van der Waals surface area contributed by atoms with Crippen LogP contribution in [0.5, 0.6) is 0 Å². The summed E-state index contributed by atoms with van der Waals surface area (Å²) in [6, 6.07) is 17.4. The third kappa shape index (κ3) is 4.77. The van der Waals surface area contributed by atoms with Gasteiger partial charge in [-0.15, -0.1) is 0 Å². The van der Waals surface area contributed by atoms with E-state index in [0.717, 1.165) is 16.7 Å². The average molecular weight is 436 g/mol. The SMILES string of the molecule is COC(=O)Cc1ccc(CSc2nc(N)c3[nH]c(=O)n(Cc4ccccc4)c3n2)cc1. The van der Waals surface area contributed by atoms with Gasteiger partial charge in [0.25, 0.3) is 0 Å². The van der Waals surface area contributed by atoms with E-state index in [-0.39, 0.29) is 23.9 Å². The van der Waals surface area contributed by atoms with Crippen LogP contribution in [0.15, 0.2) is 64.5 Å². The first kappa shape index (κ1) is 20.7. The molecule has 0 atom stereocenters. The lowest BCUT2D eigenvalue weighted by molar-refractivity contribution is -0.139. The van der Waals surface area contributed by atoms with Gasteiger partial charge in [0.1, 0.15) is 5.52 Å². The zero-order chi connectivity index (χ0) is 21.8. The van der Waals surface area contributed by atoms with Crippen molar-refractivity contribution >= 4 is 34.7 Å². The van der Waals surface area contributed by atoms with Crippen molar-refractivity contribution in [3.05, 3.63) is 81.8 Å². The molecule has 0 aliphatic heterocycles. The second kappa shape index (κ2) is 9.05. The number of aromatic nitrogens is 4. The van der Waals surface area contributed by atoms with Crippen LogP contribution in [-0.4, -0.2) is 32.6 Å². The number of benzene rings is 2. The quantitative estimate of drug-likeness (QED) is 0.260. The summed E-state index contributed by atoms with van der Waals surface area (Å²) in [5, 5.41) is 0.490. The smallest absolute Gasteiger partial charge is 0.328 e. The van der Waals surface area contributed by atoms with Gasteiger partial charge in [0, 0.05) is 5.75 Å². The number of hydrogen-bond donors (Lipinski definition) is 2. The van der Waals surface area contributed by atoms with Crippen molar-refractivity contribution in [3.63, 3.8) is 0 Å². The maximum Gasteiger partial charge on any atom is 0.328 e. The highest BCUT2D eigenvalue weighted by Gasteiger charge is 2.14. The molecule has 3 N–H and O–H groups in total. The van der Waals surface area contributed by atoms with Crippen molar-refractivity contribution < 1.29 is 9.53 Å². The number of esters is 1. The largest absolute Gasteiger partial charge is 0.469 e. The Hall–Kier alpha value is -3.59. The van der Waals surface area contributed by atoms with E-state index in [9.17, 15) is 9.59 Å². The number of carbonyl (C=O) groups is 1. The number of aromatic amines is 1. The lowest BCUT2D eigenvalue weighted by atomic mass is 10.1. The predicted molar refractivity (Wildman–Crippen MR) is 120 cm³/mol. The molecule has 0 saturated heterocycles. The molecule has 9 heteroatoms. The number of hydrogen-bond acceptors (Lipinski definition) is 7. The number of thioether (sulfide) groups is 1. The first-order valence-corrected chi connectivity index (χ1v) is 10.6. The lowest BCUT2D eigenvalue weighted by Crippen LogP contribution is -2.17. The lowest BCUT2D eigenvalue weighted by Gasteiger charge is -2.06. The molecule has 0 bridgehead atoms. The van der Waals surface area contributed by atoms with Crippen molar-refractivity contribution in [3.8, 4) is 0 Å². The molecule has 0 saturated carbocycles. The first-order chi connectivity index (χ1) is 15.0. The number of H-pyrrole nitrogens is 1. The Morgan fingerprint density at radius 1 is 1.06 bits per heavy atom. The highest BCUT2D eigenvalue weighted by atomic mass is 32.2. The minimum atomic E-state index is -0.275. The van der Waals surface area contributed by atoms with Gasteiger partial charge in [-0.3, -0.25) is 9.36 Å². The Labute approximate surface area is 182 Å². The van der Waals surface area contributed by atoms with Gasteiger partial charge in [-0.1, -0.05) is 66.4 Å².